The van der Waals surface area contributed by atoms with E-state index < -0.39 is 29.8 Å². The number of hydrogen-bond acceptors (Lipinski definition) is 6. The minimum absolute atomic E-state index is 0.112. The van der Waals surface area contributed by atoms with Gasteiger partial charge in [0.05, 0.1) is 30.3 Å². The van der Waals surface area contributed by atoms with Crippen LogP contribution in [0.15, 0.2) is 30.3 Å². The van der Waals surface area contributed by atoms with Crippen LogP contribution in [-0.2, 0) is 25.4 Å². The standard InChI is InChI=1S/C25H35NO6/c1-15-10-20(15)22-13-19(31-25(3,4)32-22)12-21(27)16(2)23(28)26-18(14-30-24(26)29)11-17-8-6-5-7-9-17/h5-9,15-16,18-22,27H,10-14H2,1-4H3/t15-,16?,18-,19+,20-,21?,22-/m1/s1. The largest absolute Gasteiger partial charge is 0.447 e. The molecule has 1 aliphatic carbocycles. The number of carbonyl (C=O) groups excluding carboxylic acids is 2. The smallest absolute Gasteiger partial charge is 0.416 e. The Balaban J connectivity index is 1.38. The van der Waals surface area contributed by atoms with Crippen molar-refractivity contribution in [3.05, 3.63) is 35.9 Å². The topological polar surface area (TPSA) is 85.3 Å². The number of aliphatic hydroxyl groups excluding tert-OH is 1. The van der Waals surface area contributed by atoms with Crippen LogP contribution in [0.5, 0.6) is 0 Å². The van der Waals surface area contributed by atoms with Gasteiger partial charge < -0.3 is 19.3 Å². The third kappa shape index (κ3) is 5.16. The Labute approximate surface area is 190 Å². The second-order valence-corrected chi connectivity index (χ2v) is 10.1. The van der Waals surface area contributed by atoms with Crippen LogP contribution < -0.4 is 0 Å². The molecule has 2 amide bonds. The molecule has 1 N–H and O–H groups in total. The zero-order chi connectivity index (χ0) is 23.0. The molecule has 2 aliphatic heterocycles. The first-order valence-corrected chi connectivity index (χ1v) is 11.7. The zero-order valence-electron chi connectivity index (χ0n) is 19.4. The van der Waals surface area contributed by atoms with E-state index in [0.717, 1.165) is 12.0 Å². The normalized spacial score (nSPS) is 33.5. The molecule has 7 atom stereocenters. The molecular weight excluding hydrogens is 410 g/mol. The molecule has 2 unspecified atom stereocenters. The van der Waals surface area contributed by atoms with Crippen LogP contribution >= 0.6 is 0 Å². The Morgan fingerprint density at radius 2 is 1.91 bits per heavy atom. The maximum Gasteiger partial charge on any atom is 0.416 e. The Morgan fingerprint density at radius 1 is 1.22 bits per heavy atom. The molecule has 0 bridgehead atoms. The number of nitrogens with zero attached hydrogens (tertiary/aromatic N) is 1. The number of benzene rings is 1. The van der Waals surface area contributed by atoms with Crippen LogP contribution in [0.4, 0.5) is 4.79 Å². The highest BCUT2D eigenvalue weighted by Gasteiger charge is 2.48. The molecule has 0 radical (unpaired) electrons. The van der Waals surface area contributed by atoms with Gasteiger partial charge in [0.2, 0.25) is 5.91 Å². The molecule has 0 spiro atoms. The van der Waals surface area contributed by atoms with Gasteiger partial charge in [0.15, 0.2) is 5.79 Å². The lowest BCUT2D eigenvalue weighted by Gasteiger charge is -2.42. The van der Waals surface area contributed by atoms with E-state index in [0.29, 0.717) is 31.1 Å². The van der Waals surface area contributed by atoms with Gasteiger partial charge in [-0.3, -0.25) is 4.79 Å². The van der Waals surface area contributed by atoms with Gasteiger partial charge in [0.25, 0.3) is 0 Å². The fourth-order valence-electron chi connectivity index (χ4n) is 5.05. The maximum atomic E-state index is 13.2. The number of imide groups is 1. The summed E-state index contributed by atoms with van der Waals surface area (Å²) in [6.07, 6.45) is 1.06. The summed E-state index contributed by atoms with van der Waals surface area (Å²) in [4.78, 5) is 26.7. The van der Waals surface area contributed by atoms with Gasteiger partial charge in [-0.2, -0.15) is 0 Å². The summed E-state index contributed by atoms with van der Waals surface area (Å²) in [5, 5.41) is 10.9. The quantitative estimate of drug-likeness (QED) is 0.691. The molecule has 2 heterocycles. The summed E-state index contributed by atoms with van der Waals surface area (Å²) in [5.74, 6) is -0.674. The minimum Gasteiger partial charge on any atom is -0.447 e. The molecule has 1 aromatic rings. The predicted octanol–water partition coefficient (Wildman–Crippen LogP) is 3.53. The second kappa shape index (κ2) is 9.12. The van der Waals surface area contributed by atoms with E-state index in [1.807, 2.05) is 44.2 Å². The van der Waals surface area contributed by atoms with Crippen molar-refractivity contribution >= 4 is 12.0 Å². The first-order valence-electron chi connectivity index (χ1n) is 11.7. The van der Waals surface area contributed by atoms with Crippen LogP contribution in [0.25, 0.3) is 0 Å². The number of ether oxygens (including phenoxy) is 3. The summed E-state index contributed by atoms with van der Waals surface area (Å²) in [7, 11) is 0. The van der Waals surface area contributed by atoms with E-state index in [1.165, 1.54) is 4.90 Å². The Kier molecular flexibility index (Phi) is 6.61. The Hall–Kier alpha value is -1.96. The van der Waals surface area contributed by atoms with Crippen LogP contribution in [0.3, 0.4) is 0 Å². The minimum atomic E-state index is -0.926. The highest BCUT2D eigenvalue weighted by Crippen LogP contribution is 2.47. The molecule has 1 saturated carbocycles. The number of cyclic esters (lactones) is 1. The van der Waals surface area contributed by atoms with Crippen molar-refractivity contribution in [1.29, 1.82) is 0 Å². The molecule has 32 heavy (non-hydrogen) atoms. The highest BCUT2D eigenvalue weighted by molar-refractivity contribution is 5.95. The zero-order valence-corrected chi connectivity index (χ0v) is 19.4. The van der Waals surface area contributed by atoms with E-state index in [4.69, 9.17) is 14.2 Å². The molecule has 3 fully saturated rings. The molecular formula is C25H35NO6. The van der Waals surface area contributed by atoms with E-state index in [9.17, 15) is 14.7 Å². The number of rotatable bonds is 7. The van der Waals surface area contributed by atoms with Gasteiger partial charge in [-0.15, -0.1) is 0 Å². The molecule has 176 valence electrons. The van der Waals surface area contributed by atoms with Crippen molar-refractivity contribution < 1.29 is 28.9 Å². The summed E-state index contributed by atoms with van der Waals surface area (Å²) in [6.45, 7) is 7.86. The number of carbonyl (C=O) groups is 2. The average Bonchev–Trinajstić information content (AvgIpc) is 3.37. The van der Waals surface area contributed by atoms with Crippen LogP contribution in [0.2, 0.25) is 0 Å². The summed E-state index contributed by atoms with van der Waals surface area (Å²) >= 11 is 0. The van der Waals surface area contributed by atoms with Crippen molar-refractivity contribution in [2.24, 2.45) is 17.8 Å². The highest BCUT2D eigenvalue weighted by atomic mass is 16.7. The van der Waals surface area contributed by atoms with Gasteiger partial charge in [-0.05, 0) is 44.1 Å². The lowest BCUT2D eigenvalue weighted by molar-refractivity contribution is -0.306. The molecule has 4 rings (SSSR count). The number of hydrogen-bond donors (Lipinski definition) is 1. The molecule has 1 aromatic carbocycles. The molecule has 7 heteroatoms. The van der Waals surface area contributed by atoms with Gasteiger partial charge >= 0.3 is 6.09 Å². The third-order valence-electron chi connectivity index (χ3n) is 7.01. The van der Waals surface area contributed by atoms with Gasteiger partial charge in [0, 0.05) is 12.8 Å². The van der Waals surface area contributed by atoms with Crippen molar-refractivity contribution in [2.75, 3.05) is 6.61 Å². The SMILES string of the molecule is CC(C(=O)N1C(=O)OC[C@H]1Cc1ccccc1)C(O)C[C@H]1C[C@H]([C@@H]2C[C@H]2C)OC(C)(C)O1. The van der Waals surface area contributed by atoms with Crippen molar-refractivity contribution in [2.45, 2.75) is 83.5 Å². The molecule has 2 saturated heterocycles. The monoisotopic (exact) mass is 445 g/mol. The van der Waals surface area contributed by atoms with Crippen LogP contribution in [0.1, 0.15) is 52.5 Å². The Bertz CT molecular complexity index is 827. The average molecular weight is 446 g/mol. The first kappa shape index (κ1) is 23.2. The van der Waals surface area contributed by atoms with E-state index in [1.54, 1.807) is 6.92 Å². The van der Waals surface area contributed by atoms with Gasteiger partial charge in [-0.25, -0.2) is 9.69 Å². The van der Waals surface area contributed by atoms with Gasteiger partial charge in [-0.1, -0.05) is 44.2 Å². The van der Waals surface area contributed by atoms with Crippen LogP contribution in [0, 0.1) is 17.8 Å². The van der Waals surface area contributed by atoms with Gasteiger partial charge in [0.1, 0.15) is 6.61 Å². The number of amides is 2. The number of aliphatic hydroxyl groups is 1. The summed E-state index contributed by atoms with van der Waals surface area (Å²) in [6, 6.07) is 9.34. The molecule has 0 aromatic heterocycles. The maximum absolute atomic E-state index is 13.2. The predicted molar refractivity (Wildman–Crippen MR) is 118 cm³/mol. The van der Waals surface area contributed by atoms with E-state index in [-0.39, 0.29) is 24.9 Å². The fourth-order valence-corrected chi connectivity index (χ4v) is 5.05. The molecule has 7 nitrogen and oxygen atoms in total. The Morgan fingerprint density at radius 3 is 2.56 bits per heavy atom. The van der Waals surface area contributed by atoms with Crippen LogP contribution in [-0.4, -0.2) is 58.8 Å². The lowest BCUT2D eigenvalue weighted by Crippen LogP contribution is -2.49. The van der Waals surface area contributed by atoms with Crippen molar-refractivity contribution in [3.63, 3.8) is 0 Å². The summed E-state index contributed by atoms with van der Waals surface area (Å²) < 4.78 is 17.4. The third-order valence-corrected chi connectivity index (χ3v) is 7.01. The van der Waals surface area contributed by atoms with E-state index >= 15 is 0 Å². The van der Waals surface area contributed by atoms with Crippen molar-refractivity contribution in [1.82, 2.24) is 4.90 Å². The van der Waals surface area contributed by atoms with Crippen molar-refractivity contribution in [3.8, 4) is 0 Å². The second-order valence-electron chi connectivity index (χ2n) is 10.1. The first-order chi connectivity index (χ1) is 15.1. The van der Waals surface area contributed by atoms with E-state index in [2.05, 4.69) is 6.92 Å². The molecule has 3 aliphatic rings. The fraction of sp³-hybridized carbons (Fsp3) is 0.680. The summed E-state index contributed by atoms with van der Waals surface area (Å²) in [5.41, 5.74) is 1.03. The lowest BCUT2D eigenvalue weighted by atomic mass is 9.92.